The van der Waals surface area contributed by atoms with Gasteiger partial charge in [-0.2, -0.15) is 25.8 Å². The van der Waals surface area contributed by atoms with Crippen LogP contribution < -0.4 is 5.32 Å². The first kappa shape index (κ1) is 33.8. The van der Waals surface area contributed by atoms with Crippen molar-refractivity contribution in [2.24, 2.45) is 5.92 Å². The van der Waals surface area contributed by atoms with E-state index in [1.165, 1.54) is 16.9 Å². The molecule has 0 saturated carbocycles. The number of nitrogens with one attached hydrogen (secondary N) is 1. The average molecular weight is 576 g/mol. The van der Waals surface area contributed by atoms with Gasteiger partial charge >= 0.3 is 6.18 Å². The van der Waals surface area contributed by atoms with E-state index in [-0.39, 0.29) is 6.54 Å². The lowest BCUT2D eigenvalue weighted by Crippen LogP contribution is -2.32. The molecule has 0 fully saturated rings. The van der Waals surface area contributed by atoms with Crippen LogP contribution in [0.4, 0.5) is 19.0 Å². The molecule has 2 heterocycles. The normalized spacial score (nSPS) is 14.2. The fourth-order valence-electron chi connectivity index (χ4n) is 4.59. The van der Waals surface area contributed by atoms with Gasteiger partial charge in [0.25, 0.3) is 0 Å². The third-order valence-corrected chi connectivity index (χ3v) is 7.21. The van der Waals surface area contributed by atoms with E-state index in [0.29, 0.717) is 23.3 Å². The van der Waals surface area contributed by atoms with Gasteiger partial charge in [-0.15, -0.1) is 6.58 Å². The molecule has 7 heteroatoms. The Hall–Kier alpha value is -2.41. The number of fused-ring (bicyclic) bond motifs is 1. The Morgan fingerprint density at radius 2 is 1.77 bits per heavy atom. The standard InChI is InChI=1S/C29H40F3N3S.C4H8/c1-21(2)10-15-27(36)16-17-33-28-9-5-8-26(34-28)7-4-6-23-12-14-24-13-11-22(3)35(19-25(24)18-23)20-29(30,31)32;1-4(2)3/h5,8-9,12,14,18,21,27,36H,3-4,6-7,10-11,13,15-17,19-20H2,1-2H3,(H,33,34);1H2,2-3H3. The van der Waals surface area contributed by atoms with Crippen molar-refractivity contribution in [2.75, 3.05) is 18.4 Å². The number of halogens is 3. The first-order valence-electron chi connectivity index (χ1n) is 14.4. The zero-order chi connectivity index (χ0) is 29.7. The summed E-state index contributed by atoms with van der Waals surface area (Å²) in [6.45, 7) is 16.0. The third kappa shape index (κ3) is 13.8. The number of alkyl halides is 3. The summed E-state index contributed by atoms with van der Waals surface area (Å²) in [5.41, 5.74) is 6.03. The number of hydrogen-bond acceptors (Lipinski definition) is 4. The number of benzene rings is 1. The molecular weight excluding hydrogens is 527 g/mol. The predicted molar refractivity (Wildman–Crippen MR) is 167 cm³/mol. The lowest BCUT2D eigenvalue weighted by molar-refractivity contribution is -0.143. The molecule has 1 aromatic carbocycles. The van der Waals surface area contributed by atoms with Crippen molar-refractivity contribution in [3.05, 3.63) is 83.2 Å². The van der Waals surface area contributed by atoms with E-state index in [1.807, 2.05) is 32.0 Å². The van der Waals surface area contributed by atoms with Gasteiger partial charge in [-0.1, -0.05) is 50.3 Å². The largest absolute Gasteiger partial charge is 0.405 e. The first-order valence-corrected chi connectivity index (χ1v) is 14.9. The fourth-order valence-corrected chi connectivity index (χ4v) is 4.87. The van der Waals surface area contributed by atoms with E-state index in [2.05, 4.69) is 50.5 Å². The number of allylic oxidation sites excluding steroid dienone is 2. The molecule has 3 rings (SSSR count). The summed E-state index contributed by atoms with van der Waals surface area (Å²) in [4.78, 5) is 6.12. The van der Waals surface area contributed by atoms with Crippen LogP contribution in [0.3, 0.4) is 0 Å². The summed E-state index contributed by atoms with van der Waals surface area (Å²) in [6.07, 6.45) is 3.06. The van der Waals surface area contributed by atoms with Gasteiger partial charge in [0.05, 0.1) is 0 Å². The molecule has 0 amide bonds. The lowest BCUT2D eigenvalue weighted by Gasteiger charge is -2.26. The van der Waals surface area contributed by atoms with E-state index < -0.39 is 12.7 Å². The van der Waals surface area contributed by atoms with Gasteiger partial charge in [-0.3, -0.25) is 0 Å². The van der Waals surface area contributed by atoms with Gasteiger partial charge in [0.2, 0.25) is 0 Å². The highest BCUT2D eigenvalue weighted by Gasteiger charge is 2.32. The van der Waals surface area contributed by atoms with E-state index in [4.69, 9.17) is 17.6 Å². The number of thiol groups is 1. The quantitative estimate of drug-likeness (QED) is 0.195. The SMILES string of the molecule is C=C(C)C.C=C1CCc2ccc(CCCc3cccc(NCCC(S)CCC(C)C)n3)cc2CN1CC(F)(F)F. The van der Waals surface area contributed by atoms with Crippen LogP contribution in [0.25, 0.3) is 0 Å². The number of rotatable bonds is 12. The Bertz CT molecular complexity index is 1080. The van der Waals surface area contributed by atoms with Gasteiger partial charge in [0.1, 0.15) is 12.4 Å². The van der Waals surface area contributed by atoms with E-state index in [0.717, 1.165) is 73.3 Å². The molecule has 1 N–H and O–H groups in total. The number of pyridine rings is 1. The smallest absolute Gasteiger partial charge is 0.370 e. The van der Waals surface area contributed by atoms with Crippen molar-refractivity contribution in [1.82, 2.24) is 9.88 Å². The lowest BCUT2D eigenvalue weighted by atomic mass is 9.98. The minimum atomic E-state index is -4.23. The second kappa shape index (κ2) is 16.8. The van der Waals surface area contributed by atoms with E-state index >= 15 is 0 Å². The molecular formula is C33H48F3N3S. The van der Waals surface area contributed by atoms with Crippen LogP contribution in [-0.4, -0.2) is 34.4 Å². The minimum absolute atomic E-state index is 0.265. The Balaban J connectivity index is 0.00000131. The molecule has 1 atom stereocenters. The zero-order valence-corrected chi connectivity index (χ0v) is 25.7. The molecule has 222 valence electrons. The third-order valence-electron chi connectivity index (χ3n) is 6.70. The van der Waals surface area contributed by atoms with Crippen molar-refractivity contribution in [1.29, 1.82) is 0 Å². The Labute approximate surface area is 245 Å². The van der Waals surface area contributed by atoms with Crippen LogP contribution in [0.2, 0.25) is 0 Å². The molecule has 0 saturated heterocycles. The van der Waals surface area contributed by atoms with Crippen molar-refractivity contribution < 1.29 is 13.2 Å². The monoisotopic (exact) mass is 575 g/mol. The van der Waals surface area contributed by atoms with Crippen LogP contribution >= 0.6 is 12.6 Å². The average Bonchev–Trinajstić information content (AvgIpc) is 3.00. The molecule has 1 aliphatic rings. The summed E-state index contributed by atoms with van der Waals surface area (Å²) >= 11 is 4.70. The summed E-state index contributed by atoms with van der Waals surface area (Å²) in [5.74, 6) is 1.60. The van der Waals surface area contributed by atoms with Crippen molar-refractivity contribution in [3.63, 3.8) is 0 Å². The van der Waals surface area contributed by atoms with Crippen molar-refractivity contribution in [3.8, 4) is 0 Å². The Morgan fingerprint density at radius 1 is 1.05 bits per heavy atom. The van der Waals surface area contributed by atoms with Gasteiger partial charge < -0.3 is 10.2 Å². The molecule has 1 aliphatic heterocycles. The summed E-state index contributed by atoms with van der Waals surface area (Å²) in [7, 11) is 0. The van der Waals surface area contributed by atoms with Gasteiger partial charge in [-0.05, 0) is 100.0 Å². The van der Waals surface area contributed by atoms with Gasteiger partial charge in [0.15, 0.2) is 0 Å². The summed E-state index contributed by atoms with van der Waals surface area (Å²) < 4.78 is 39.1. The Morgan fingerprint density at radius 3 is 2.45 bits per heavy atom. The molecule has 0 spiro atoms. The first-order chi connectivity index (χ1) is 18.8. The highest BCUT2D eigenvalue weighted by molar-refractivity contribution is 7.80. The summed E-state index contributed by atoms with van der Waals surface area (Å²) in [6, 6.07) is 12.3. The maximum absolute atomic E-state index is 13.0. The highest BCUT2D eigenvalue weighted by atomic mass is 32.1. The molecule has 1 unspecified atom stereocenters. The number of anilines is 1. The fraction of sp³-hybridized carbons (Fsp3) is 0.545. The maximum atomic E-state index is 13.0. The van der Waals surface area contributed by atoms with Crippen molar-refractivity contribution in [2.45, 2.75) is 97.0 Å². The van der Waals surface area contributed by atoms with Crippen LogP contribution in [0, 0.1) is 5.92 Å². The van der Waals surface area contributed by atoms with E-state index in [1.54, 1.807) is 0 Å². The topological polar surface area (TPSA) is 28.2 Å². The van der Waals surface area contributed by atoms with Crippen LogP contribution in [0.1, 0.15) is 82.2 Å². The van der Waals surface area contributed by atoms with E-state index in [9.17, 15) is 13.2 Å². The van der Waals surface area contributed by atoms with Crippen LogP contribution in [0.15, 0.2) is 60.8 Å². The molecule has 0 aliphatic carbocycles. The minimum Gasteiger partial charge on any atom is -0.370 e. The van der Waals surface area contributed by atoms with Crippen LogP contribution in [-0.2, 0) is 25.8 Å². The molecule has 1 aromatic heterocycles. The number of nitrogens with zero attached hydrogens (tertiary/aromatic N) is 2. The number of hydrogen-bond donors (Lipinski definition) is 2. The zero-order valence-electron chi connectivity index (χ0n) is 24.8. The van der Waals surface area contributed by atoms with Gasteiger partial charge in [0, 0.05) is 29.7 Å². The Kier molecular flexibility index (Phi) is 14.2. The second-order valence-electron chi connectivity index (χ2n) is 11.6. The molecule has 3 nitrogen and oxygen atoms in total. The summed E-state index contributed by atoms with van der Waals surface area (Å²) in [5, 5.41) is 3.83. The molecule has 40 heavy (non-hydrogen) atoms. The van der Waals surface area contributed by atoms with Gasteiger partial charge in [-0.25, -0.2) is 4.98 Å². The number of aromatic nitrogens is 1. The molecule has 0 radical (unpaired) electrons. The molecule has 2 aromatic rings. The second-order valence-corrected chi connectivity index (χ2v) is 12.3. The number of aryl methyl sites for hydroxylation is 3. The highest BCUT2D eigenvalue weighted by Crippen LogP contribution is 2.28. The predicted octanol–water partition coefficient (Wildman–Crippen LogP) is 9.20. The van der Waals surface area contributed by atoms with Crippen LogP contribution in [0.5, 0.6) is 0 Å². The maximum Gasteiger partial charge on any atom is 0.405 e. The van der Waals surface area contributed by atoms with Crippen molar-refractivity contribution >= 4 is 18.4 Å². The molecule has 0 bridgehead atoms.